The van der Waals surface area contributed by atoms with Crippen LogP contribution >= 0.6 is 23.1 Å². The minimum Gasteiger partial charge on any atom is -0.338 e. The molecule has 0 N–H and O–H groups in total. The molecule has 1 atom stereocenters. The Morgan fingerprint density at radius 3 is 2.56 bits per heavy atom. The maximum Gasteiger partial charge on any atom is 0.239 e. The van der Waals surface area contributed by atoms with Gasteiger partial charge in [-0.25, -0.2) is 9.97 Å². The molecule has 0 radical (unpaired) electrons. The molecule has 7 heteroatoms. The predicted octanol–water partition coefficient (Wildman–Crippen LogP) is 5.21. The quantitative estimate of drug-likeness (QED) is 0.364. The molecule has 3 aromatic heterocycles. The van der Waals surface area contributed by atoms with Crippen molar-refractivity contribution in [2.24, 2.45) is 0 Å². The average molecular weight is 368 g/mol. The van der Waals surface area contributed by atoms with Gasteiger partial charge in [0.2, 0.25) is 5.89 Å². The first-order valence-electron chi connectivity index (χ1n) is 7.90. The number of nitrogens with zero attached hydrogens (tertiary/aromatic N) is 4. The van der Waals surface area contributed by atoms with E-state index in [1.807, 2.05) is 39.0 Å². The Morgan fingerprint density at radius 1 is 1.04 bits per heavy atom. The summed E-state index contributed by atoms with van der Waals surface area (Å²) in [5.41, 5.74) is 1.19. The number of fused-ring (bicyclic) bond motifs is 1. The Hall–Kier alpha value is -2.25. The van der Waals surface area contributed by atoms with Crippen molar-refractivity contribution in [3.05, 3.63) is 53.9 Å². The van der Waals surface area contributed by atoms with E-state index < -0.39 is 0 Å². The largest absolute Gasteiger partial charge is 0.338 e. The summed E-state index contributed by atoms with van der Waals surface area (Å²) in [6.45, 7) is 5.79. The first-order chi connectivity index (χ1) is 12.1. The summed E-state index contributed by atoms with van der Waals surface area (Å²) in [4.78, 5) is 15.8. The van der Waals surface area contributed by atoms with E-state index in [-0.39, 0.29) is 5.25 Å². The monoisotopic (exact) mass is 368 g/mol. The molecule has 5 nitrogen and oxygen atoms in total. The van der Waals surface area contributed by atoms with Crippen molar-refractivity contribution in [3.63, 3.8) is 0 Å². The molecule has 0 aliphatic heterocycles. The van der Waals surface area contributed by atoms with Crippen molar-refractivity contribution in [2.75, 3.05) is 0 Å². The molecule has 1 aromatic carbocycles. The Morgan fingerprint density at radius 2 is 1.84 bits per heavy atom. The Bertz CT molecular complexity index is 1030. The lowest BCUT2D eigenvalue weighted by Gasteiger charge is -2.07. The molecular formula is C18H16N4OS2. The van der Waals surface area contributed by atoms with E-state index in [0.717, 1.165) is 21.1 Å². The number of benzene rings is 1. The lowest BCUT2D eigenvalue weighted by Crippen LogP contribution is -1.94. The summed E-state index contributed by atoms with van der Waals surface area (Å²) in [6, 6.07) is 12.5. The summed E-state index contributed by atoms with van der Waals surface area (Å²) in [6.07, 6.45) is 0. The van der Waals surface area contributed by atoms with Crippen LogP contribution in [0.5, 0.6) is 0 Å². The van der Waals surface area contributed by atoms with E-state index in [2.05, 4.69) is 38.3 Å². The molecule has 0 aliphatic rings. The highest BCUT2D eigenvalue weighted by Crippen LogP contribution is 2.40. The standard InChI is InChI=1S/C18H16N4OS2/c1-10(16-19-12(3)22-23-16)24-17-14-9-15(13-7-5-4-6-8-13)25-18(14)21-11(2)20-17/h4-10H,1-3H3/t10-/m0/s1. The van der Waals surface area contributed by atoms with E-state index in [1.54, 1.807) is 23.1 Å². The van der Waals surface area contributed by atoms with Crippen LogP contribution < -0.4 is 0 Å². The third-order valence-corrected chi connectivity index (χ3v) is 5.88. The highest BCUT2D eigenvalue weighted by molar-refractivity contribution is 7.99. The van der Waals surface area contributed by atoms with E-state index in [4.69, 9.17) is 4.52 Å². The van der Waals surface area contributed by atoms with Gasteiger partial charge in [0.25, 0.3) is 0 Å². The number of rotatable bonds is 4. The lowest BCUT2D eigenvalue weighted by molar-refractivity contribution is 0.376. The van der Waals surface area contributed by atoms with E-state index in [9.17, 15) is 0 Å². The van der Waals surface area contributed by atoms with Crippen LogP contribution in [0.3, 0.4) is 0 Å². The molecular weight excluding hydrogens is 352 g/mol. The Balaban J connectivity index is 1.74. The molecule has 0 saturated carbocycles. The highest BCUT2D eigenvalue weighted by atomic mass is 32.2. The maximum absolute atomic E-state index is 5.29. The van der Waals surface area contributed by atoms with Crippen LogP contribution in [0.15, 0.2) is 45.9 Å². The number of aromatic nitrogens is 4. The smallest absolute Gasteiger partial charge is 0.239 e. The Kier molecular flexibility index (Phi) is 4.27. The fourth-order valence-electron chi connectivity index (χ4n) is 2.53. The predicted molar refractivity (Wildman–Crippen MR) is 101 cm³/mol. The molecule has 0 spiro atoms. The van der Waals surface area contributed by atoms with Crippen LogP contribution in [-0.2, 0) is 0 Å². The molecule has 0 fully saturated rings. The molecule has 126 valence electrons. The summed E-state index contributed by atoms with van der Waals surface area (Å²) in [5.74, 6) is 2.03. The summed E-state index contributed by atoms with van der Waals surface area (Å²) >= 11 is 3.31. The topological polar surface area (TPSA) is 64.7 Å². The van der Waals surface area contributed by atoms with Gasteiger partial charge < -0.3 is 4.52 Å². The average Bonchev–Trinajstić information content (AvgIpc) is 3.22. The third-order valence-electron chi connectivity index (χ3n) is 3.71. The fraction of sp³-hybridized carbons (Fsp3) is 0.222. The van der Waals surface area contributed by atoms with Crippen LogP contribution in [0.4, 0.5) is 0 Å². The second-order valence-electron chi connectivity index (χ2n) is 5.71. The van der Waals surface area contributed by atoms with Crippen molar-refractivity contribution >= 4 is 33.3 Å². The van der Waals surface area contributed by atoms with Gasteiger partial charge in [0, 0.05) is 10.3 Å². The minimum absolute atomic E-state index is 0.0266. The van der Waals surface area contributed by atoms with Crippen LogP contribution in [0, 0.1) is 13.8 Å². The number of hydrogen-bond acceptors (Lipinski definition) is 7. The number of hydrogen-bond donors (Lipinski definition) is 0. The molecule has 25 heavy (non-hydrogen) atoms. The molecule has 3 heterocycles. The van der Waals surface area contributed by atoms with Gasteiger partial charge in [-0.2, -0.15) is 4.98 Å². The zero-order valence-electron chi connectivity index (χ0n) is 14.1. The van der Waals surface area contributed by atoms with Crippen molar-refractivity contribution in [1.82, 2.24) is 20.1 Å². The lowest BCUT2D eigenvalue weighted by atomic mass is 10.2. The van der Waals surface area contributed by atoms with Crippen LogP contribution in [0.2, 0.25) is 0 Å². The number of thiophene rings is 1. The van der Waals surface area contributed by atoms with Crippen LogP contribution in [0.25, 0.3) is 20.7 Å². The molecule has 0 bridgehead atoms. The SMILES string of the molecule is Cc1noc([C@H](C)Sc2nc(C)nc3sc(-c4ccccc4)cc23)n1. The third kappa shape index (κ3) is 3.29. The first-order valence-corrected chi connectivity index (χ1v) is 9.60. The molecule has 0 saturated heterocycles. The van der Waals surface area contributed by atoms with Gasteiger partial charge in [-0.05, 0) is 32.4 Å². The van der Waals surface area contributed by atoms with E-state index in [1.165, 1.54) is 10.4 Å². The first kappa shape index (κ1) is 16.2. The van der Waals surface area contributed by atoms with E-state index in [0.29, 0.717) is 11.7 Å². The number of aryl methyl sites for hydroxylation is 2. The second kappa shape index (κ2) is 6.57. The summed E-state index contributed by atoms with van der Waals surface area (Å²) < 4.78 is 5.29. The highest BCUT2D eigenvalue weighted by Gasteiger charge is 2.19. The van der Waals surface area contributed by atoms with Gasteiger partial charge in [0.1, 0.15) is 15.7 Å². The molecule has 4 rings (SSSR count). The van der Waals surface area contributed by atoms with Crippen molar-refractivity contribution < 1.29 is 4.52 Å². The molecule has 0 aliphatic carbocycles. The van der Waals surface area contributed by atoms with Crippen molar-refractivity contribution in [1.29, 1.82) is 0 Å². The van der Waals surface area contributed by atoms with Gasteiger partial charge in [-0.1, -0.05) is 47.3 Å². The zero-order valence-corrected chi connectivity index (χ0v) is 15.7. The van der Waals surface area contributed by atoms with Crippen molar-refractivity contribution in [2.45, 2.75) is 31.0 Å². The van der Waals surface area contributed by atoms with Gasteiger partial charge in [0.05, 0.1) is 5.25 Å². The molecule has 0 amide bonds. The van der Waals surface area contributed by atoms with E-state index >= 15 is 0 Å². The molecule has 0 unspecified atom stereocenters. The Labute approximate surface area is 153 Å². The minimum atomic E-state index is 0.0266. The van der Waals surface area contributed by atoms with Gasteiger partial charge in [-0.15, -0.1) is 11.3 Å². The van der Waals surface area contributed by atoms with Crippen molar-refractivity contribution in [3.8, 4) is 10.4 Å². The number of thioether (sulfide) groups is 1. The van der Waals surface area contributed by atoms with Gasteiger partial charge in [0.15, 0.2) is 5.82 Å². The molecule has 4 aromatic rings. The van der Waals surface area contributed by atoms with Gasteiger partial charge in [-0.3, -0.25) is 0 Å². The fourth-order valence-corrected chi connectivity index (χ4v) is 4.67. The van der Waals surface area contributed by atoms with Gasteiger partial charge >= 0.3 is 0 Å². The zero-order chi connectivity index (χ0) is 17.4. The van der Waals surface area contributed by atoms with Crippen LogP contribution in [-0.4, -0.2) is 20.1 Å². The summed E-state index contributed by atoms with van der Waals surface area (Å²) in [5, 5.41) is 5.92. The maximum atomic E-state index is 5.29. The van der Waals surface area contributed by atoms with Crippen LogP contribution in [0.1, 0.15) is 29.7 Å². The summed E-state index contributed by atoms with van der Waals surface area (Å²) in [7, 11) is 0. The second-order valence-corrected chi connectivity index (χ2v) is 8.07. The normalized spacial score (nSPS) is 12.6.